The van der Waals surface area contributed by atoms with Gasteiger partial charge in [0, 0.05) is 38.8 Å². The summed E-state index contributed by atoms with van der Waals surface area (Å²) < 4.78 is 5.73. The third kappa shape index (κ3) is 5.35. The zero-order valence-corrected chi connectivity index (χ0v) is 16.3. The minimum absolute atomic E-state index is 0.0280. The van der Waals surface area contributed by atoms with Crippen LogP contribution in [0.25, 0.3) is 6.08 Å². The Balaban J connectivity index is 1.43. The van der Waals surface area contributed by atoms with Crippen LogP contribution in [0.4, 0.5) is 0 Å². The van der Waals surface area contributed by atoms with E-state index in [4.69, 9.17) is 21.6 Å². The van der Waals surface area contributed by atoms with Gasteiger partial charge in [-0.05, 0) is 29.8 Å². The number of benzene rings is 2. The summed E-state index contributed by atoms with van der Waals surface area (Å²) in [4.78, 5) is 16.5. The minimum Gasteiger partial charge on any atom is -0.491 e. The molecule has 0 spiro atoms. The molecule has 28 heavy (non-hydrogen) atoms. The van der Waals surface area contributed by atoms with Crippen LogP contribution in [0.15, 0.2) is 54.6 Å². The Bertz CT molecular complexity index is 883. The van der Waals surface area contributed by atoms with Gasteiger partial charge in [0.15, 0.2) is 0 Å². The summed E-state index contributed by atoms with van der Waals surface area (Å²) in [5, 5.41) is 9.73. The Hall–Kier alpha value is -2.81. The Labute approximate surface area is 170 Å². The fraction of sp³-hybridized carbons (Fsp3) is 0.273. The van der Waals surface area contributed by atoms with E-state index in [2.05, 4.69) is 11.0 Å². The van der Waals surface area contributed by atoms with Gasteiger partial charge in [-0.3, -0.25) is 9.69 Å². The number of hydrogen-bond donors (Lipinski definition) is 0. The van der Waals surface area contributed by atoms with E-state index in [1.54, 1.807) is 18.2 Å². The Kier molecular flexibility index (Phi) is 7.07. The van der Waals surface area contributed by atoms with Crippen molar-refractivity contribution in [3.8, 4) is 11.8 Å². The van der Waals surface area contributed by atoms with Gasteiger partial charge in [-0.2, -0.15) is 5.26 Å². The van der Waals surface area contributed by atoms with Crippen molar-refractivity contribution in [3.05, 3.63) is 70.8 Å². The van der Waals surface area contributed by atoms with Crippen molar-refractivity contribution in [2.45, 2.75) is 0 Å². The average Bonchev–Trinajstić information content (AvgIpc) is 2.74. The van der Waals surface area contributed by atoms with Gasteiger partial charge in [0.1, 0.15) is 12.4 Å². The van der Waals surface area contributed by atoms with Crippen molar-refractivity contribution < 1.29 is 9.53 Å². The highest BCUT2D eigenvalue weighted by Crippen LogP contribution is 2.22. The van der Waals surface area contributed by atoms with E-state index >= 15 is 0 Å². The fourth-order valence-corrected chi connectivity index (χ4v) is 3.24. The number of hydrogen-bond acceptors (Lipinski definition) is 4. The standard InChI is InChI=1S/C22H22ClN3O2/c23-20-7-3-4-8-21(20)28-16-15-25-11-13-26(14-12-25)22(27)10-9-18-5-1-2-6-19(18)17-24/h1-10H,11-16H2/b10-9+. The van der Waals surface area contributed by atoms with Gasteiger partial charge >= 0.3 is 0 Å². The summed E-state index contributed by atoms with van der Waals surface area (Å²) in [6.45, 7) is 4.31. The maximum atomic E-state index is 12.4. The van der Waals surface area contributed by atoms with E-state index in [1.165, 1.54) is 0 Å². The number of rotatable bonds is 6. The number of para-hydroxylation sites is 1. The number of halogens is 1. The van der Waals surface area contributed by atoms with Crippen LogP contribution in [0.2, 0.25) is 5.02 Å². The molecule has 0 radical (unpaired) electrons. The van der Waals surface area contributed by atoms with Crippen molar-refractivity contribution in [3.63, 3.8) is 0 Å². The molecular weight excluding hydrogens is 374 g/mol. The van der Waals surface area contributed by atoms with E-state index in [9.17, 15) is 4.79 Å². The summed E-state index contributed by atoms with van der Waals surface area (Å²) in [6, 6.07) is 16.8. The SMILES string of the molecule is N#Cc1ccccc1/C=C/C(=O)N1CCN(CCOc2ccccc2Cl)CC1. The number of ether oxygens (including phenoxy) is 1. The van der Waals surface area contributed by atoms with Gasteiger partial charge in [0.2, 0.25) is 5.91 Å². The van der Waals surface area contributed by atoms with E-state index < -0.39 is 0 Å². The second-order valence-electron chi connectivity index (χ2n) is 6.48. The summed E-state index contributed by atoms with van der Waals surface area (Å²) in [5.74, 6) is 0.667. The smallest absolute Gasteiger partial charge is 0.246 e. The molecule has 0 aliphatic carbocycles. The van der Waals surface area contributed by atoms with Gasteiger partial charge < -0.3 is 9.64 Å². The van der Waals surface area contributed by atoms with Crippen LogP contribution in [-0.4, -0.2) is 55.0 Å². The Morgan fingerprint density at radius 2 is 1.82 bits per heavy atom. The molecule has 1 fully saturated rings. The quantitative estimate of drug-likeness (QED) is 0.703. The van der Waals surface area contributed by atoms with Crippen LogP contribution in [0.3, 0.4) is 0 Å². The summed E-state index contributed by atoms with van der Waals surface area (Å²) >= 11 is 6.09. The van der Waals surface area contributed by atoms with Crippen molar-refractivity contribution >= 4 is 23.6 Å². The number of carbonyl (C=O) groups excluding carboxylic acids is 1. The molecular formula is C22H22ClN3O2. The molecule has 6 heteroatoms. The second kappa shape index (κ2) is 9.93. The normalized spacial score (nSPS) is 14.8. The van der Waals surface area contributed by atoms with Gasteiger partial charge in [-0.25, -0.2) is 0 Å². The molecule has 0 bridgehead atoms. The van der Waals surface area contributed by atoms with Crippen LogP contribution in [0.5, 0.6) is 5.75 Å². The molecule has 1 aliphatic heterocycles. The van der Waals surface area contributed by atoms with Crippen LogP contribution in [0.1, 0.15) is 11.1 Å². The number of carbonyl (C=O) groups is 1. The highest BCUT2D eigenvalue weighted by atomic mass is 35.5. The van der Waals surface area contributed by atoms with Gasteiger partial charge in [0.05, 0.1) is 16.7 Å². The molecule has 1 aliphatic rings. The minimum atomic E-state index is -0.0280. The molecule has 1 amide bonds. The Morgan fingerprint density at radius 3 is 2.57 bits per heavy atom. The van der Waals surface area contributed by atoms with E-state index in [0.717, 1.165) is 25.2 Å². The lowest BCUT2D eigenvalue weighted by Crippen LogP contribution is -2.49. The van der Waals surface area contributed by atoms with Gasteiger partial charge in [-0.15, -0.1) is 0 Å². The molecule has 3 rings (SSSR count). The first-order valence-electron chi connectivity index (χ1n) is 9.23. The van der Waals surface area contributed by atoms with E-state index in [1.807, 2.05) is 47.4 Å². The summed E-state index contributed by atoms with van der Waals surface area (Å²) in [5.41, 5.74) is 1.32. The molecule has 0 N–H and O–H groups in total. The zero-order chi connectivity index (χ0) is 19.8. The summed E-state index contributed by atoms with van der Waals surface area (Å²) in [6.07, 6.45) is 3.26. The molecule has 5 nitrogen and oxygen atoms in total. The number of amides is 1. The van der Waals surface area contributed by atoms with Crippen molar-refractivity contribution in [2.75, 3.05) is 39.3 Å². The van der Waals surface area contributed by atoms with Crippen molar-refractivity contribution in [2.24, 2.45) is 0 Å². The highest BCUT2D eigenvalue weighted by molar-refractivity contribution is 6.32. The maximum Gasteiger partial charge on any atom is 0.246 e. The van der Waals surface area contributed by atoms with Crippen molar-refractivity contribution in [1.82, 2.24) is 9.80 Å². The third-order valence-electron chi connectivity index (χ3n) is 4.67. The van der Waals surface area contributed by atoms with Gasteiger partial charge in [0.25, 0.3) is 0 Å². The largest absolute Gasteiger partial charge is 0.491 e. The number of nitriles is 1. The lowest BCUT2D eigenvalue weighted by Gasteiger charge is -2.34. The van der Waals surface area contributed by atoms with E-state index in [0.29, 0.717) is 36.0 Å². The lowest BCUT2D eigenvalue weighted by atomic mass is 10.1. The monoisotopic (exact) mass is 395 g/mol. The molecule has 0 aromatic heterocycles. The van der Waals surface area contributed by atoms with Crippen LogP contribution in [0, 0.1) is 11.3 Å². The van der Waals surface area contributed by atoms with Crippen molar-refractivity contribution in [1.29, 1.82) is 5.26 Å². The number of piperazine rings is 1. The first-order chi connectivity index (χ1) is 13.7. The second-order valence-corrected chi connectivity index (χ2v) is 6.89. The molecule has 2 aromatic carbocycles. The Morgan fingerprint density at radius 1 is 1.11 bits per heavy atom. The molecule has 0 unspecified atom stereocenters. The highest BCUT2D eigenvalue weighted by Gasteiger charge is 2.19. The topological polar surface area (TPSA) is 56.6 Å². The maximum absolute atomic E-state index is 12.4. The van der Waals surface area contributed by atoms with Gasteiger partial charge in [-0.1, -0.05) is 41.9 Å². The molecule has 0 atom stereocenters. The molecule has 1 heterocycles. The van der Waals surface area contributed by atoms with Crippen LogP contribution in [-0.2, 0) is 4.79 Å². The molecule has 144 valence electrons. The molecule has 0 saturated carbocycles. The average molecular weight is 396 g/mol. The van der Waals surface area contributed by atoms with Crippen LogP contribution >= 0.6 is 11.6 Å². The molecule has 1 saturated heterocycles. The summed E-state index contributed by atoms with van der Waals surface area (Å²) in [7, 11) is 0. The van der Waals surface area contributed by atoms with Crippen LogP contribution < -0.4 is 4.74 Å². The fourth-order valence-electron chi connectivity index (χ4n) is 3.05. The predicted molar refractivity (Wildman–Crippen MR) is 110 cm³/mol. The zero-order valence-electron chi connectivity index (χ0n) is 15.6. The molecule has 2 aromatic rings. The van der Waals surface area contributed by atoms with E-state index in [-0.39, 0.29) is 5.91 Å². The predicted octanol–water partition coefficient (Wildman–Crippen LogP) is 3.45. The first-order valence-corrected chi connectivity index (χ1v) is 9.61. The third-order valence-corrected chi connectivity index (χ3v) is 4.98. The lowest BCUT2D eigenvalue weighted by molar-refractivity contribution is -0.127. The number of nitrogens with zero attached hydrogens (tertiary/aromatic N) is 3. The first kappa shape index (κ1) is 19.9.